The van der Waals surface area contributed by atoms with Crippen LogP contribution in [0, 0.1) is 5.92 Å². The molecule has 0 spiro atoms. The zero-order chi connectivity index (χ0) is 16.4. The molecule has 1 aromatic carbocycles. The minimum atomic E-state index is 0.608. The molecule has 2 saturated heterocycles. The van der Waals surface area contributed by atoms with Gasteiger partial charge in [-0.15, -0.1) is 0 Å². The van der Waals surface area contributed by atoms with Crippen molar-refractivity contribution in [3.8, 4) is 17.2 Å². The zero-order valence-electron chi connectivity index (χ0n) is 13.9. The molecule has 2 aromatic rings. The lowest BCUT2D eigenvalue weighted by Gasteiger charge is -2.32. The Bertz CT molecular complexity index is 695. The molecular weight excluding hydrogens is 302 g/mol. The zero-order valence-corrected chi connectivity index (χ0v) is 13.9. The van der Waals surface area contributed by atoms with Gasteiger partial charge < -0.3 is 19.7 Å². The van der Waals surface area contributed by atoms with E-state index in [9.17, 15) is 0 Å². The minimum Gasteiger partial charge on any atom is -0.494 e. The lowest BCUT2D eigenvalue weighted by molar-refractivity contribution is 0.338. The van der Waals surface area contributed by atoms with Crippen LogP contribution in [-0.2, 0) is 0 Å². The molecule has 2 aliphatic heterocycles. The standard InChI is InChI=1S/C19H23N3O2/c1-2-23-17-4-3-5-18(8-17)24-19-7-16(10-20-11-19)22-12-14-6-15(13-22)21-9-14/h3-5,7-8,10-11,14-15,21H,2,6,9,12-13H2,1H3. The van der Waals surface area contributed by atoms with Gasteiger partial charge in [-0.25, -0.2) is 0 Å². The first-order valence-electron chi connectivity index (χ1n) is 8.64. The molecule has 24 heavy (non-hydrogen) atoms. The van der Waals surface area contributed by atoms with Crippen LogP contribution in [0.3, 0.4) is 0 Å². The molecule has 0 radical (unpaired) electrons. The average molecular weight is 325 g/mol. The average Bonchev–Trinajstić information content (AvgIpc) is 2.94. The number of ether oxygens (including phenoxy) is 2. The molecule has 4 rings (SSSR count). The molecule has 1 N–H and O–H groups in total. The van der Waals surface area contributed by atoms with Crippen molar-refractivity contribution in [1.29, 1.82) is 0 Å². The highest BCUT2D eigenvalue weighted by atomic mass is 16.5. The van der Waals surface area contributed by atoms with Gasteiger partial charge in [0.2, 0.25) is 0 Å². The summed E-state index contributed by atoms with van der Waals surface area (Å²) in [6.07, 6.45) is 4.98. The van der Waals surface area contributed by atoms with E-state index in [0.29, 0.717) is 12.6 Å². The summed E-state index contributed by atoms with van der Waals surface area (Å²) in [6.45, 7) is 5.89. The molecule has 1 aromatic heterocycles. The summed E-state index contributed by atoms with van der Waals surface area (Å²) in [5, 5.41) is 3.58. The lowest BCUT2D eigenvalue weighted by atomic mass is 10.00. The van der Waals surface area contributed by atoms with Crippen LogP contribution in [0.4, 0.5) is 5.69 Å². The Labute approximate surface area is 142 Å². The number of piperidine rings is 1. The fourth-order valence-electron chi connectivity index (χ4n) is 3.61. The second kappa shape index (κ2) is 6.69. The quantitative estimate of drug-likeness (QED) is 0.915. The van der Waals surface area contributed by atoms with Gasteiger partial charge in [-0.2, -0.15) is 0 Å². The molecule has 0 saturated carbocycles. The summed E-state index contributed by atoms with van der Waals surface area (Å²) in [5.74, 6) is 3.08. The van der Waals surface area contributed by atoms with Gasteiger partial charge in [-0.3, -0.25) is 4.98 Å². The Morgan fingerprint density at radius 1 is 1.17 bits per heavy atom. The van der Waals surface area contributed by atoms with E-state index in [2.05, 4.69) is 21.3 Å². The van der Waals surface area contributed by atoms with Crippen LogP contribution in [-0.4, -0.2) is 37.3 Å². The molecule has 126 valence electrons. The molecule has 2 aliphatic rings. The maximum Gasteiger partial charge on any atom is 0.147 e. The molecular formula is C19H23N3O2. The minimum absolute atomic E-state index is 0.608. The molecule has 5 heteroatoms. The number of nitrogens with zero attached hydrogens (tertiary/aromatic N) is 2. The molecule has 2 unspecified atom stereocenters. The van der Waals surface area contributed by atoms with E-state index < -0.39 is 0 Å². The van der Waals surface area contributed by atoms with Crippen molar-refractivity contribution in [3.05, 3.63) is 42.7 Å². The molecule has 2 bridgehead atoms. The summed E-state index contributed by atoms with van der Waals surface area (Å²) in [6, 6.07) is 10.4. The van der Waals surface area contributed by atoms with Crippen molar-refractivity contribution < 1.29 is 9.47 Å². The molecule has 3 heterocycles. The van der Waals surface area contributed by atoms with Crippen molar-refractivity contribution >= 4 is 5.69 Å². The van der Waals surface area contributed by atoms with Crippen LogP contribution in [0.2, 0.25) is 0 Å². The van der Waals surface area contributed by atoms with E-state index in [1.54, 1.807) is 6.20 Å². The molecule has 5 nitrogen and oxygen atoms in total. The summed E-state index contributed by atoms with van der Waals surface area (Å²) >= 11 is 0. The predicted octanol–water partition coefficient (Wildman–Crippen LogP) is 3.07. The van der Waals surface area contributed by atoms with Crippen LogP contribution < -0.4 is 19.7 Å². The second-order valence-corrected chi connectivity index (χ2v) is 6.50. The van der Waals surface area contributed by atoms with Crippen LogP contribution in [0.15, 0.2) is 42.7 Å². The van der Waals surface area contributed by atoms with E-state index in [0.717, 1.165) is 48.5 Å². The predicted molar refractivity (Wildman–Crippen MR) is 94.0 cm³/mol. The molecule has 0 amide bonds. The topological polar surface area (TPSA) is 46.6 Å². The number of pyridine rings is 1. The molecule has 0 aliphatic carbocycles. The van der Waals surface area contributed by atoms with Gasteiger partial charge in [0, 0.05) is 37.8 Å². The normalized spacial score (nSPS) is 22.5. The Hall–Kier alpha value is -2.27. The van der Waals surface area contributed by atoms with E-state index in [4.69, 9.17) is 9.47 Å². The van der Waals surface area contributed by atoms with Crippen molar-refractivity contribution in [2.24, 2.45) is 5.92 Å². The van der Waals surface area contributed by atoms with Gasteiger partial charge in [0.15, 0.2) is 0 Å². The molecule has 2 fully saturated rings. The highest BCUT2D eigenvalue weighted by molar-refractivity contribution is 5.50. The fraction of sp³-hybridized carbons (Fsp3) is 0.421. The van der Waals surface area contributed by atoms with Crippen molar-refractivity contribution in [3.63, 3.8) is 0 Å². The number of aromatic nitrogens is 1. The van der Waals surface area contributed by atoms with Crippen LogP contribution in [0.1, 0.15) is 13.3 Å². The third-order valence-electron chi connectivity index (χ3n) is 4.65. The van der Waals surface area contributed by atoms with E-state index in [1.807, 2.05) is 37.4 Å². The van der Waals surface area contributed by atoms with Gasteiger partial charge in [0.1, 0.15) is 17.2 Å². The van der Waals surface area contributed by atoms with Gasteiger partial charge in [0.25, 0.3) is 0 Å². The Kier molecular flexibility index (Phi) is 4.26. The third-order valence-corrected chi connectivity index (χ3v) is 4.65. The summed E-state index contributed by atoms with van der Waals surface area (Å²) in [7, 11) is 0. The van der Waals surface area contributed by atoms with Gasteiger partial charge >= 0.3 is 0 Å². The number of rotatable bonds is 5. The van der Waals surface area contributed by atoms with E-state index in [-0.39, 0.29) is 0 Å². The highest BCUT2D eigenvalue weighted by Gasteiger charge is 2.32. The fourth-order valence-corrected chi connectivity index (χ4v) is 3.61. The maximum atomic E-state index is 5.98. The van der Waals surface area contributed by atoms with Crippen LogP contribution in [0.5, 0.6) is 17.2 Å². The number of nitrogens with one attached hydrogen (secondary N) is 1. The van der Waals surface area contributed by atoms with E-state index in [1.165, 1.54) is 6.42 Å². The SMILES string of the molecule is CCOc1cccc(Oc2cncc(N3CC4CNC(C4)C3)c2)c1. The van der Waals surface area contributed by atoms with Crippen LogP contribution in [0.25, 0.3) is 0 Å². The van der Waals surface area contributed by atoms with E-state index >= 15 is 0 Å². The van der Waals surface area contributed by atoms with Gasteiger partial charge in [-0.1, -0.05) is 6.07 Å². The van der Waals surface area contributed by atoms with Crippen molar-refractivity contribution in [1.82, 2.24) is 10.3 Å². The summed E-state index contributed by atoms with van der Waals surface area (Å²) in [5.41, 5.74) is 1.13. The highest BCUT2D eigenvalue weighted by Crippen LogP contribution is 2.30. The van der Waals surface area contributed by atoms with Gasteiger partial charge in [-0.05, 0) is 31.4 Å². The Balaban J connectivity index is 1.49. The number of fused-ring (bicyclic) bond motifs is 2. The number of anilines is 1. The Morgan fingerprint density at radius 2 is 2.08 bits per heavy atom. The monoisotopic (exact) mass is 325 g/mol. The van der Waals surface area contributed by atoms with Crippen molar-refractivity contribution in [2.45, 2.75) is 19.4 Å². The van der Waals surface area contributed by atoms with Gasteiger partial charge in [0.05, 0.1) is 24.7 Å². The Morgan fingerprint density at radius 3 is 2.96 bits per heavy atom. The molecule has 2 atom stereocenters. The lowest BCUT2D eigenvalue weighted by Crippen LogP contribution is -2.41. The first-order valence-corrected chi connectivity index (χ1v) is 8.64. The third kappa shape index (κ3) is 3.31. The summed E-state index contributed by atoms with van der Waals surface area (Å²) in [4.78, 5) is 6.78. The number of hydrogen-bond donors (Lipinski definition) is 1. The summed E-state index contributed by atoms with van der Waals surface area (Å²) < 4.78 is 11.5. The smallest absolute Gasteiger partial charge is 0.147 e. The number of benzene rings is 1. The van der Waals surface area contributed by atoms with Crippen molar-refractivity contribution in [2.75, 3.05) is 31.1 Å². The largest absolute Gasteiger partial charge is 0.494 e. The first kappa shape index (κ1) is 15.3. The number of hydrogen-bond acceptors (Lipinski definition) is 5. The first-order chi connectivity index (χ1) is 11.8. The second-order valence-electron chi connectivity index (χ2n) is 6.50. The maximum absolute atomic E-state index is 5.98. The van der Waals surface area contributed by atoms with Crippen LogP contribution >= 0.6 is 0 Å².